The molecule has 0 aliphatic carbocycles. The summed E-state index contributed by atoms with van der Waals surface area (Å²) < 4.78 is 0. The molecule has 2 rings (SSSR count). The first kappa shape index (κ1) is 11.4. The molecule has 0 saturated heterocycles. The molecule has 2 aromatic rings. The number of H-pyrrole nitrogens is 1. The van der Waals surface area contributed by atoms with Crippen LogP contribution in [0.4, 0.5) is 0 Å². The highest BCUT2D eigenvalue weighted by atomic mass is 32.1. The smallest absolute Gasteiger partial charge is 0.102 e. The second kappa shape index (κ2) is 5.85. The van der Waals surface area contributed by atoms with Crippen LogP contribution in [0.25, 0.3) is 10.6 Å². The number of hydrogen-bond donors (Lipinski definition) is 1. The van der Waals surface area contributed by atoms with Crippen LogP contribution in [0.15, 0.2) is 23.6 Å². The lowest BCUT2D eigenvalue weighted by atomic mass is 10.1. The van der Waals surface area contributed by atoms with E-state index < -0.39 is 0 Å². The summed E-state index contributed by atoms with van der Waals surface area (Å²) in [5, 5.41) is 9.56. The summed E-state index contributed by atoms with van der Waals surface area (Å²) in [5.41, 5.74) is 2.35. The van der Waals surface area contributed by atoms with Crippen LogP contribution >= 0.6 is 11.3 Å². The van der Waals surface area contributed by atoms with E-state index in [1.807, 2.05) is 0 Å². The van der Waals surface area contributed by atoms with E-state index in [0.717, 1.165) is 12.1 Å². The van der Waals surface area contributed by atoms with E-state index in [1.54, 1.807) is 11.3 Å². The molecule has 0 atom stereocenters. The highest BCUT2D eigenvalue weighted by Crippen LogP contribution is 2.23. The molecule has 1 N–H and O–H groups in total. The lowest BCUT2D eigenvalue weighted by Crippen LogP contribution is -1.85. The second-order valence-electron chi connectivity index (χ2n) is 4.07. The van der Waals surface area contributed by atoms with Gasteiger partial charge in [-0.05, 0) is 30.4 Å². The van der Waals surface area contributed by atoms with Gasteiger partial charge in [-0.25, -0.2) is 0 Å². The Labute approximate surface area is 101 Å². The average molecular weight is 234 g/mol. The standard InChI is InChI=1S/C13H18N2S/c1-2-3-4-5-7-11-10-12(15-14-11)13-8-6-9-16-13/h6,8-10H,2-5,7H2,1H3,(H,14,15). The van der Waals surface area contributed by atoms with Crippen LogP contribution in [0.1, 0.15) is 38.3 Å². The maximum Gasteiger partial charge on any atom is 0.102 e. The Morgan fingerprint density at radius 1 is 1.31 bits per heavy atom. The fraction of sp³-hybridized carbons (Fsp3) is 0.462. The first-order valence-electron chi connectivity index (χ1n) is 5.98. The summed E-state index contributed by atoms with van der Waals surface area (Å²) in [6, 6.07) is 6.36. The van der Waals surface area contributed by atoms with Gasteiger partial charge in [0.2, 0.25) is 0 Å². The van der Waals surface area contributed by atoms with Crippen molar-refractivity contribution in [1.82, 2.24) is 10.2 Å². The molecule has 3 heteroatoms. The van der Waals surface area contributed by atoms with Crippen molar-refractivity contribution in [1.29, 1.82) is 0 Å². The van der Waals surface area contributed by atoms with Gasteiger partial charge in [0.25, 0.3) is 0 Å². The molecule has 0 bridgehead atoms. The molecule has 0 aromatic carbocycles. The molecule has 0 radical (unpaired) electrons. The van der Waals surface area contributed by atoms with Gasteiger partial charge in [-0.15, -0.1) is 11.3 Å². The minimum Gasteiger partial charge on any atom is -0.282 e. The van der Waals surface area contributed by atoms with E-state index in [1.165, 1.54) is 36.3 Å². The van der Waals surface area contributed by atoms with Crippen LogP contribution in [-0.2, 0) is 6.42 Å². The number of aromatic nitrogens is 2. The summed E-state index contributed by atoms with van der Waals surface area (Å²) in [6.45, 7) is 2.24. The zero-order valence-corrected chi connectivity index (χ0v) is 10.5. The topological polar surface area (TPSA) is 28.7 Å². The molecule has 2 heterocycles. The van der Waals surface area contributed by atoms with Crippen molar-refractivity contribution in [2.45, 2.75) is 39.0 Å². The Kier molecular flexibility index (Phi) is 4.17. The summed E-state index contributed by atoms with van der Waals surface area (Å²) in [6.07, 6.45) is 6.34. The van der Waals surface area contributed by atoms with Crippen molar-refractivity contribution in [2.24, 2.45) is 0 Å². The summed E-state index contributed by atoms with van der Waals surface area (Å²) in [4.78, 5) is 1.25. The number of thiophene rings is 1. The molecule has 0 spiro atoms. The quantitative estimate of drug-likeness (QED) is 0.743. The first-order valence-corrected chi connectivity index (χ1v) is 6.86. The number of hydrogen-bond acceptors (Lipinski definition) is 2. The van der Waals surface area contributed by atoms with Crippen LogP contribution in [0.2, 0.25) is 0 Å². The normalized spacial score (nSPS) is 10.8. The van der Waals surface area contributed by atoms with Gasteiger partial charge in [-0.3, -0.25) is 5.10 Å². The van der Waals surface area contributed by atoms with Crippen LogP contribution in [0.3, 0.4) is 0 Å². The fourth-order valence-corrected chi connectivity index (χ4v) is 2.47. The lowest BCUT2D eigenvalue weighted by molar-refractivity contribution is 0.659. The average Bonchev–Trinajstić information content (AvgIpc) is 2.94. The minimum absolute atomic E-state index is 1.08. The maximum absolute atomic E-state index is 4.34. The van der Waals surface area contributed by atoms with E-state index >= 15 is 0 Å². The van der Waals surface area contributed by atoms with Crippen molar-refractivity contribution in [3.63, 3.8) is 0 Å². The molecule has 2 aromatic heterocycles. The highest BCUT2D eigenvalue weighted by Gasteiger charge is 2.04. The third-order valence-electron chi connectivity index (χ3n) is 2.70. The second-order valence-corrected chi connectivity index (χ2v) is 5.01. The van der Waals surface area contributed by atoms with Crippen molar-refractivity contribution >= 4 is 11.3 Å². The van der Waals surface area contributed by atoms with E-state index in [9.17, 15) is 0 Å². The Balaban J connectivity index is 1.88. The predicted molar refractivity (Wildman–Crippen MR) is 69.7 cm³/mol. The van der Waals surface area contributed by atoms with Crippen LogP contribution in [-0.4, -0.2) is 10.2 Å². The third-order valence-corrected chi connectivity index (χ3v) is 3.60. The molecule has 0 aliphatic heterocycles. The summed E-state index contributed by atoms with van der Waals surface area (Å²) in [7, 11) is 0. The van der Waals surface area contributed by atoms with Gasteiger partial charge >= 0.3 is 0 Å². The minimum atomic E-state index is 1.08. The van der Waals surface area contributed by atoms with Crippen molar-refractivity contribution in [3.8, 4) is 10.6 Å². The van der Waals surface area contributed by atoms with Crippen LogP contribution in [0, 0.1) is 0 Å². The van der Waals surface area contributed by atoms with E-state index in [0.29, 0.717) is 0 Å². The number of unbranched alkanes of at least 4 members (excludes halogenated alkanes) is 3. The van der Waals surface area contributed by atoms with Gasteiger partial charge in [0.15, 0.2) is 0 Å². The van der Waals surface area contributed by atoms with Gasteiger partial charge in [0.1, 0.15) is 5.69 Å². The number of nitrogens with one attached hydrogen (secondary N) is 1. The number of nitrogens with zero attached hydrogens (tertiary/aromatic N) is 1. The van der Waals surface area contributed by atoms with E-state index in [2.05, 4.69) is 40.7 Å². The van der Waals surface area contributed by atoms with Gasteiger partial charge in [0.05, 0.1) is 4.88 Å². The zero-order chi connectivity index (χ0) is 11.2. The van der Waals surface area contributed by atoms with E-state index in [-0.39, 0.29) is 0 Å². The van der Waals surface area contributed by atoms with Gasteiger partial charge < -0.3 is 0 Å². The molecule has 86 valence electrons. The first-order chi connectivity index (χ1) is 7.90. The van der Waals surface area contributed by atoms with Crippen LogP contribution in [0.5, 0.6) is 0 Å². The summed E-state index contributed by atoms with van der Waals surface area (Å²) in [5.74, 6) is 0. The maximum atomic E-state index is 4.34. The van der Waals surface area contributed by atoms with Crippen LogP contribution < -0.4 is 0 Å². The predicted octanol–water partition coefficient (Wildman–Crippen LogP) is 4.26. The molecule has 0 amide bonds. The zero-order valence-electron chi connectivity index (χ0n) is 9.70. The highest BCUT2D eigenvalue weighted by molar-refractivity contribution is 7.13. The van der Waals surface area contributed by atoms with Crippen molar-refractivity contribution < 1.29 is 0 Å². The monoisotopic (exact) mass is 234 g/mol. The van der Waals surface area contributed by atoms with Gasteiger partial charge in [0, 0.05) is 5.69 Å². The largest absolute Gasteiger partial charge is 0.282 e. The van der Waals surface area contributed by atoms with Gasteiger partial charge in [-0.1, -0.05) is 32.3 Å². The fourth-order valence-electron chi connectivity index (χ4n) is 1.78. The lowest BCUT2D eigenvalue weighted by Gasteiger charge is -1.96. The summed E-state index contributed by atoms with van der Waals surface area (Å²) >= 11 is 1.74. The van der Waals surface area contributed by atoms with Crippen molar-refractivity contribution in [2.75, 3.05) is 0 Å². The molecule has 2 nitrogen and oxygen atoms in total. The Bertz CT molecular complexity index is 403. The Hall–Kier alpha value is -1.09. The molecular formula is C13H18N2S. The molecule has 0 aliphatic rings. The SMILES string of the molecule is CCCCCCc1cc(-c2cccs2)n[nH]1. The van der Waals surface area contributed by atoms with Gasteiger partial charge in [-0.2, -0.15) is 5.10 Å². The third kappa shape index (κ3) is 2.95. The molecule has 0 unspecified atom stereocenters. The molecule has 16 heavy (non-hydrogen) atoms. The van der Waals surface area contributed by atoms with Crippen molar-refractivity contribution in [3.05, 3.63) is 29.3 Å². The number of aromatic amines is 1. The number of aryl methyl sites for hydroxylation is 1. The Morgan fingerprint density at radius 3 is 3.00 bits per heavy atom. The Morgan fingerprint density at radius 2 is 2.25 bits per heavy atom. The molecule has 0 saturated carbocycles. The molecule has 0 fully saturated rings. The number of rotatable bonds is 6. The molecular weight excluding hydrogens is 216 g/mol. The van der Waals surface area contributed by atoms with E-state index in [4.69, 9.17) is 0 Å².